The minimum atomic E-state index is 0.659. The first-order chi connectivity index (χ1) is 9.85. The van der Waals surface area contributed by atoms with Crippen LogP contribution in [0.2, 0.25) is 0 Å². The molecule has 0 atom stereocenters. The van der Waals surface area contributed by atoms with Crippen LogP contribution in [-0.4, -0.2) is 46.3 Å². The molecule has 0 unspecified atom stereocenters. The molecule has 1 fully saturated rings. The van der Waals surface area contributed by atoms with Gasteiger partial charge in [-0.1, -0.05) is 17.4 Å². The van der Waals surface area contributed by atoms with Crippen LogP contribution in [-0.2, 0) is 6.54 Å². The van der Waals surface area contributed by atoms with E-state index >= 15 is 0 Å². The Labute approximate surface area is 121 Å². The molecule has 0 spiro atoms. The van der Waals surface area contributed by atoms with Crippen LogP contribution in [0.15, 0.2) is 24.4 Å². The Balaban J connectivity index is 1.53. The van der Waals surface area contributed by atoms with E-state index < -0.39 is 0 Å². The first kappa shape index (κ1) is 13.2. The highest BCUT2D eigenvalue weighted by atomic mass is 32.1. The van der Waals surface area contributed by atoms with E-state index in [1.165, 1.54) is 11.3 Å². The molecule has 0 bridgehead atoms. The highest BCUT2D eigenvalue weighted by Gasteiger charge is 2.19. The largest absolute Gasteiger partial charge is 0.354 e. The number of anilines is 2. The summed E-state index contributed by atoms with van der Waals surface area (Å²) in [5.74, 6) is 6.36. The molecule has 3 N–H and O–H groups in total. The summed E-state index contributed by atoms with van der Waals surface area (Å²) >= 11 is 1.50. The molecule has 1 aliphatic heterocycles. The topological polar surface area (TPSA) is 83.2 Å². The van der Waals surface area contributed by atoms with E-state index in [-0.39, 0.29) is 0 Å². The van der Waals surface area contributed by atoms with Crippen molar-refractivity contribution in [3.05, 3.63) is 29.4 Å². The molecule has 0 aliphatic carbocycles. The number of hydrazine groups is 1. The van der Waals surface area contributed by atoms with Crippen LogP contribution in [0, 0.1) is 0 Å². The molecule has 2 aromatic heterocycles. The minimum absolute atomic E-state index is 0.659. The second kappa shape index (κ2) is 6.12. The molecule has 106 valence electrons. The van der Waals surface area contributed by atoms with Crippen molar-refractivity contribution in [3.8, 4) is 0 Å². The first-order valence-electron chi connectivity index (χ1n) is 6.52. The Bertz CT molecular complexity index is 536. The zero-order chi connectivity index (χ0) is 13.8. The third-order valence-corrected chi connectivity index (χ3v) is 4.13. The van der Waals surface area contributed by atoms with Gasteiger partial charge in [-0.3, -0.25) is 10.3 Å². The van der Waals surface area contributed by atoms with Gasteiger partial charge in [0.2, 0.25) is 5.13 Å². The molecule has 7 nitrogen and oxygen atoms in total. The van der Waals surface area contributed by atoms with Crippen LogP contribution in [0.3, 0.4) is 0 Å². The number of nitrogens with zero attached hydrogens (tertiary/aromatic N) is 5. The lowest BCUT2D eigenvalue weighted by molar-refractivity contribution is 0.248. The van der Waals surface area contributed by atoms with Crippen molar-refractivity contribution in [3.63, 3.8) is 0 Å². The quantitative estimate of drug-likeness (QED) is 0.628. The number of hydrogen-bond donors (Lipinski definition) is 2. The molecular weight excluding hydrogens is 274 g/mol. The van der Waals surface area contributed by atoms with Gasteiger partial charge in [0.25, 0.3) is 0 Å². The number of aromatic nitrogens is 3. The summed E-state index contributed by atoms with van der Waals surface area (Å²) in [7, 11) is 0. The van der Waals surface area contributed by atoms with E-state index in [1.54, 1.807) is 0 Å². The third kappa shape index (κ3) is 3.03. The monoisotopic (exact) mass is 291 g/mol. The molecule has 0 amide bonds. The van der Waals surface area contributed by atoms with Crippen molar-refractivity contribution < 1.29 is 0 Å². The van der Waals surface area contributed by atoms with Crippen LogP contribution in [0.4, 0.5) is 10.9 Å². The summed E-state index contributed by atoms with van der Waals surface area (Å²) in [5.41, 5.74) is 2.52. The number of nitrogens with one attached hydrogen (secondary N) is 1. The van der Waals surface area contributed by atoms with Crippen molar-refractivity contribution in [1.29, 1.82) is 0 Å². The van der Waals surface area contributed by atoms with Gasteiger partial charge in [-0.25, -0.2) is 10.8 Å². The Morgan fingerprint density at radius 3 is 2.70 bits per heavy atom. The molecule has 0 radical (unpaired) electrons. The number of pyridine rings is 1. The maximum atomic E-state index is 5.31. The molecule has 1 aliphatic rings. The lowest BCUT2D eigenvalue weighted by atomic mass is 10.3. The van der Waals surface area contributed by atoms with Crippen LogP contribution in [0.1, 0.15) is 5.01 Å². The summed E-state index contributed by atoms with van der Waals surface area (Å²) in [4.78, 5) is 9.08. The van der Waals surface area contributed by atoms with Crippen LogP contribution < -0.4 is 16.2 Å². The third-order valence-electron chi connectivity index (χ3n) is 3.29. The Morgan fingerprint density at radius 1 is 1.20 bits per heavy atom. The highest BCUT2D eigenvalue weighted by molar-refractivity contribution is 7.15. The maximum absolute atomic E-state index is 5.31. The summed E-state index contributed by atoms with van der Waals surface area (Å²) in [6.45, 7) is 4.80. The number of nitrogen functional groups attached to an aromatic ring is 1. The second-order valence-electron chi connectivity index (χ2n) is 4.60. The molecule has 0 saturated carbocycles. The van der Waals surface area contributed by atoms with E-state index in [0.29, 0.717) is 5.13 Å². The van der Waals surface area contributed by atoms with Gasteiger partial charge in [0, 0.05) is 32.4 Å². The minimum Gasteiger partial charge on any atom is -0.354 e. The van der Waals surface area contributed by atoms with E-state index in [4.69, 9.17) is 5.84 Å². The molecule has 3 heterocycles. The molecule has 2 aromatic rings. The average Bonchev–Trinajstić information content (AvgIpc) is 2.97. The Morgan fingerprint density at radius 2 is 2.05 bits per heavy atom. The van der Waals surface area contributed by atoms with Gasteiger partial charge in [0.05, 0.1) is 6.54 Å². The van der Waals surface area contributed by atoms with Crippen LogP contribution >= 0.6 is 11.3 Å². The van der Waals surface area contributed by atoms with Gasteiger partial charge >= 0.3 is 0 Å². The van der Waals surface area contributed by atoms with Crippen LogP contribution in [0.25, 0.3) is 0 Å². The van der Waals surface area contributed by atoms with Gasteiger partial charge in [0.1, 0.15) is 10.8 Å². The first-order valence-corrected chi connectivity index (χ1v) is 7.34. The predicted octanol–water partition coefficient (Wildman–Crippen LogP) is 0.541. The lowest BCUT2D eigenvalue weighted by Crippen LogP contribution is -2.46. The normalized spacial score (nSPS) is 16.4. The fourth-order valence-corrected chi connectivity index (χ4v) is 2.94. The summed E-state index contributed by atoms with van der Waals surface area (Å²) in [5, 5.41) is 9.71. The number of hydrogen-bond acceptors (Lipinski definition) is 8. The molecular formula is C12H17N7S. The highest BCUT2D eigenvalue weighted by Crippen LogP contribution is 2.18. The fourth-order valence-electron chi connectivity index (χ4n) is 2.24. The zero-order valence-corrected chi connectivity index (χ0v) is 11.9. The van der Waals surface area contributed by atoms with E-state index in [9.17, 15) is 0 Å². The summed E-state index contributed by atoms with van der Waals surface area (Å²) < 4.78 is 0. The van der Waals surface area contributed by atoms with Gasteiger partial charge in [-0.05, 0) is 12.1 Å². The van der Waals surface area contributed by atoms with Gasteiger partial charge < -0.3 is 4.90 Å². The lowest BCUT2D eigenvalue weighted by Gasteiger charge is -2.34. The second-order valence-corrected chi connectivity index (χ2v) is 5.66. The van der Waals surface area contributed by atoms with Crippen molar-refractivity contribution in [2.45, 2.75) is 6.54 Å². The predicted molar refractivity (Wildman–Crippen MR) is 79.4 cm³/mol. The SMILES string of the molecule is NNc1nnc(CN2CCN(c3ccccn3)CC2)s1. The smallest absolute Gasteiger partial charge is 0.219 e. The van der Waals surface area contributed by atoms with Crippen molar-refractivity contribution in [2.24, 2.45) is 5.84 Å². The number of nitrogens with two attached hydrogens (primary N) is 1. The zero-order valence-electron chi connectivity index (χ0n) is 11.1. The Kier molecular flexibility index (Phi) is 4.05. The standard InChI is InChI=1S/C12H17N7S/c13-15-12-17-16-11(20-12)9-18-5-7-19(8-6-18)10-3-1-2-4-14-10/h1-4H,5-9,13H2,(H,15,17). The number of rotatable bonds is 4. The van der Waals surface area contributed by atoms with Gasteiger partial charge in [0.15, 0.2) is 0 Å². The summed E-state index contributed by atoms with van der Waals surface area (Å²) in [6, 6.07) is 6.02. The van der Waals surface area contributed by atoms with E-state index in [2.05, 4.69) is 36.5 Å². The van der Waals surface area contributed by atoms with E-state index in [0.717, 1.165) is 43.5 Å². The van der Waals surface area contributed by atoms with E-state index in [1.807, 2.05) is 18.3 Å². The van der Waals surface area contributed by atoms with Gasteiger partial charge in [-0.2, -0.15) is 0 Å². The molecule has 1 saturated heterocycles. The summed E-state index contributed by atoms with van der Waals surface area (Å²) in [6.07, 6.45) is 1.84. The number of piperazine rings is 1. The van der Waals surface area contributed by atoms with Crippen LogP contribution in [0.5, 0.6) is 0 Å². The maximum Gasteiger partial charge on any atom is 0.219 e. The molecule has 20 heavy (non-hydrogen) atoms. The molecule has 3 rings (SSSR count). The van der Waals surface area contributed by atoms with Crippen molar-refractivity contribution in [2.75, 3.05) is 36.5 Å². The van der Waals surface area contributed by atoms with Gasteiger partial charge in [-0.15, -0.1) is 10.2 Å². The van der Waals surface area contributed by atoms with Crippen molar-refractivity contribution >= 4 is 22.3 Å². The fraction of sp³-hybridized carbons (Fsp3) is 0.417. The molecule has 0 aromatic carbocycles. The average molecular weight is 291 g/mol. The van der Waals surface area contributed by atoms with Crippen molar-refractivity contribution in [1.82, 2.24) is 20.1 Å². The Hall–Kier alpha value is -1.77. The molecule has 8 heteroatoms.